The first-order valence-electron chi connectivity index (χ1n) is 6.92. The monoisotopic (exact) mass is 367 g/mol. The molecule has 0 spiro atoms. The van der Waals surface area contributed by atoms with Gasteiger partial charge in [-0.25, -0.2) is 0 Å². The van der Waals surface area contributed by atoms with Crippen molar-refractivity contribution in [1.29, 1.82) is 0 Å². The highest BCUT2D eigenvalue weighted by atomic mass is 79.9. The molecule has 0 aliphatic heterocycles. The Hall–Kier alpha value is -1.19. The number of anilines is 1. The maximum absolute atomic E-state index is 6.13. The number of rotatable bonds is 5. The van der Waals surface area contributed by atoms with Crippen molar-refractivity contribution in [3.63, 3.8) is 0 Å². The van der Waals surface area contributed by atoms with E-state index >= 15 is 0 Å². The van der Waals surface area contributed by atoms with Gasteiger partial charge in [0.15, 0.2) is 5.75 Å². The van der Waals surface area contributed by atoms with Crippen molar-refractivity contribution in [3.8, 4) is 5.75 Å². The second kappa shape index (κ2) is 7.19. The molecule has 0 aliphatic carbocycles. The van der Waals surface area contributed by atoms with Gasteiger partial charge in [0.05, 0.1) is 16.8 Å². The number of halogens is 2. The van der Waals surface area contributed by atoms with E-state index in [2.05, 4.69) is 53.3 Å². The van der Waals surface area contributed by atoms with Crippen molar-refractivity contribution in [3.05, 3.63) is 56.5 Å². The van der Waals surface area contributed by atoms with Crippen LogP contribution in [0, 0.1) is 13.8 Å². The molecule has 2 aromatic carbocycles. The topological polar surface area (TPSA) is 21.3 Å². The number of hydrogen-bond donors (Lipinski definition) is 1. The van der Waals surface area contributed by atoms with Crippen LogP contribution in [0.15, 0.2) is 34.8 Å². The Bertz CT molecular complexity index is 623. The Morgan fingerprint density at radius 1 is 1.10 bits per heavy atom. The molecule has 0 atom stereocenters. The lowest BCUT2D eigenvalue weighted by Gasteiger charge is -2.15. The van der Waals surface area contributed by atoms with E-state index in [1.807, 2.05) is 19.1 Å². The zero-order valence-electron chi connectivity index (χ0n) is 12.5. The summed E-state index contributed by atoms with van der Waals surface area (Å²) in [5.74, 6) is 0.797. The smallest absolute Gasteiger partial charge is 0.156 e. The third kappa shape index (κ3) is 4.39. The average Bonchev–Trinajstić information content (AvgIpc) is 2.38. The van der Waals surface area contributed by atoms with Gasteiger partial charge in [0.1, 0.15) is 0 Å². The summed E-state index contributed by atoms with van der Waals surface area (Å²) in [5.41, 5.74) is 4.68. The molecule has 2 aromatic rings. The summed E-state index contributed by atoms with van der Waals surface area (Å²) in [6.45, 7) is 7.53. The lowest BCUT2D eigenvalue weighted by atomic mass is 10.1. The molecule has 0 saturated carbocycles. The highest BCUT2D eigenvalue weighted by Crippen LogP contribution is 2.36. The molecule has 0 amide bonds. The first-order chi connectivity index (χ1) is 9.99. The Labute approximate surface area is 139 Å². The van der Waals surface area contributed by atoms with Crippen molar-refractivity contribution in [2.45, 2.75) is 27.3 Å². The average molecular weight is 369 g/mol. The van der Waals surface area contributed by atoms with Crippen molar-refractivity contribution in [1.82, 2.24) is 0 Å². The van der Waals surface area contributed by atoms with Crippen LogP contribution in [0.1, 0.15) is 23.6 Å². The fourth-order valence-electron chi connectivity index (χ4n) is 2.35. The normalized spacial score (nSPS) is 10.5. The van der Waals surface area contributed by atoms with E-state index in [0.29, 0.717) is 11.6 Å². The molecule has 0 bridgehead atoms. The maximum Gasteiger partial charge on any atom is 0.156 e. The fraction of sp³-hybridized carbons (Fsp3) is 0.294. The minimum absolute atomic E-state index is 0.610. The Morgan fingerprint density at radius 2 is 1.76 bits per heavy atom. The Morgan fingerprint density at radius 3 is 2.38 bits per heavy atom. The molecule has 0 heterocycles. The summed E-state index contributed by atoms with van der Waals surface area (Å²) in [6.07, 6.45) is 0. The second-order valence-electron chi connectivity index (χ2n) is 5.05. The number of nitrogens with one attached hydrogen (secondary N) is 1. The molecule has 0 saturated heterocycles. The maximum atomic E-state index is 6.13. The molecule has 4 heteroatoms. The van der Waals surface area contributed by atoms with Crippen LogP contribution in [0.3, 0.4) is 0 Å². The van der Waals surface area contributed by atoms with Crippen LogP contribution in [0.5, 0.6) is 5.75 Å². The minimum Gasteiger partial charge on any atom is -0.491 e. The van der Waals surface area contributed by atoms with Gasteiger partial charge in [-0.2, -0.15) is 0 Å². The van der Waals surface area contributed by atoms with E-state index in [-0.39, 0.29) is 0 Å². The van der Waals surface area contributed by atoms with Gasteiger partial charge in [0.2, 0.25) is 0 Å². The lowest BCUT2D eigenvalue weighted by molar-refractivity contribution is 0.339. The van der Waals surface area contributed by atoms with Crippen LogP contribution in [-0.4, -0.2) is 6.61 Å². The van der Waals surface area contributed by atoms with Gasteiger partial charge >= 0.3 is 0 Å². The van der Waals surface area contributed by atoms with Crippen LogP contribution in [-0.2, 0) is 6.54 Å². The summed E-state index contributed by atoms with van der Waals surface area (Å²) in [5, 5.41) is 4.09. The van der Waals surface area contributed by atoms with Crippen LogP contribution >= 0.6 is 27.5 Å². The highest BCUT2D eigenvalue weighted by molar-refractivity contribution is 9.10. The predicted octanol–water partition coefficient (Wildman–Crippen LogP) is 5.73. The fourth-order valence-corrected chi connectivity index (χ4v) is 3.28. The molecule has 1 N–H and O–H groups in total. The zero-order chi connectivity index (χ0) is 15.4. The second-order valence-corrected chi connectivity index (χ2v) is 6.34. The molecule has 0 radical (unpaired) electrons. The zero-order valence-corrected chi connectivity index (χ0v) is 14.8. The van der Waals surface area contributed by atoms with E-state index < -0.39 is 0 Å². The molecule has 2 nitrogen and oxygen atoms in total. The molecule has 0 aromatic heterocycles. The molecular formula is C17H19BrClNO. The molecule has 0 aliphatic rings. The van der Waals surface area contributed by atoms with Crippen molar-refractivity contribution < 1.29 is 4.74 Å². The molecule has 0 fully saturated rings. The van der Waals surface area contributed by atoms with Crippen LogP contribution < -0.4 is 10.1 Å². The summed E-state index contributed by atoms with van der Waals surface area (Å²) >= 11 is 9.63. The Kier molecular flexibility index (Phi) is 5.54. The third-order valence-electron chi connectivity index (χ3n) is 3.06. The predicted molar refractivity (Wildman–Crippen MR) is 93.6 cm³/mol. The van der Waals surface area contributed by atoms with E-state index in [1.165, 1.54) is 16.7 Å². The molecule has 112 valence electrons. The minimum atomic E-state index is 0.610. The number of ether oxygens (including phenoxy) is 1. The Balaban J connectivity index is 2.22. The lowest BCUT2D eigenvalue weighted by Crippen LogP contribution is -2.04. The van der Waals surface area contributed by atoms with Crippen LogP contribution in [0.25, 0.3) is 0 Å². The SMILES string of the molecule is CCOc1c(Br)cc(Cl)cc1NCc1cc(C)cc(C)c1. The van der Waals surface area contributed by atoms with Gasteiger partial charge in [0, 0.05) is 11.6 Å². The summed E-state index contributed by atoms with van der Waals surface area (Å²) < 4.78 is 6.55. The molecule has 2 rings (SSSR count). The van der Waals surface area contributed by atoms with Crippen molar-refractivity contribution in [2.75, 3.05) is 11.9 Å². The summed E-state index contributed by atoms with van der Waals surface area (Å²) in [4.78, 5) is 0. The van der Waals surface area contributed by atoms with Gasteiger partial charge in [-0.1, -0.05) is 40.9 Å². The van der Waals surface area contributed by atoms with E-state index in [0.717, 1.165) is 22.5 Å². The molecule has 0 unspecified atom stereocenters. The van der Waals surface area contributed by atoms with Gasteiger partial charge in [-0.3, -0.25) is 0 Å². The van der Waals surface area contributed by atoms with E-state index in [1.54, 1.807) is 0 Å². The van der Waals surface area contributed by atoms with Crippen LogP contribution in [0.4, 0.5) is 5.69 Å². The van der Waals surface area contributed by atoms with Crippen molar-refractivity contribution in [2.24, 2.45) is 0 Å². The highest BCUT2D eigenvalue weighted by Gasteiger charge is 2.10. The third-order valence-corrected chi connectivity index (χ3v) is 3.87. The van der Waals surface area contributed by atoms with Gasteiger partial charge in [-0.15, -0.1) is 0 Å². The van der Waals surface area contributed by atoms with E-state index in [4.69, 9.17) is 16.3 Å². The molecular weight excluding hydrogens is 350 g/mol. The first kappa shape index (κ1) is 16.2. The van der Waals surface area contributed by atoms with Crippen molar-refractivity contribution >= 4 is 33.2 Å². The quantitative estimate of drug-likeness (QED) is 0.727. The van der Waals surface area contributed by atoms with Gasteiger partial charge in [-0.05, 0) is 54.4 Å². The summed E-state index contributed by atoms with van der Waals surface area (Å²) in [7, 11) is 0. The number of benzene rings is 2. The largest absolute Gasteiger partial charge is 0.491 e. The van der Waals surface area contributed by atoms with Gasteiger partial charge in [0.25, 0.3) is 0 Å². The summed E-state index contributed by atoms with van der Waals surface area (Å²) in [6, 6.07) is 10.3. The standard InChI is InChI=1S/C17H19BrClNO/c1-4-21-17-15(18)8-14(19)9-16(17)20-10-13-6-11(2)5-12(3)7-13/h5-9,20H,4,10H2,1-3H3. The van der Waals surface area contributed by atoms with Gasteiger partial charge < -0.3 is 10.1 Å². The number of aryl methyl sites for hydroxylation is 2. The van der Waals surface area contributed by atoms with E-state index in [9.17, 15) is 0 Å². The van der Waals surface area contributed by atoms with Crippen LogP contribution in [0.2, 0.25) is 5.02 Å². The molecule has 21 heavy (non-hydrogen) atoms. The first-order valence-corrected chi connectivity index (χ1v) is 8.09. The number of hydrogen-bond acceptors (Lipinski definition) is 2.